The molecule has 0 saturated carbocycles. The van der Waals surface area contributed by atoms with Gasteiger partial charge in [-0.3, -0.25) is 4.79 Å². The third-order valence-electron chi connectivity index (χ3n) is 2.59. The van der Waals surface area contributed by atoms with Crippen LogP contribution in [0.4, 0.5) is 0 Å². The molecule has 0 saturated heterocycles. The van der Waals surface area contributed by atoms with E-state index in [2.05, 4.69) is 0 Å². The van der Waals surface area contributed by atoms with Gasteiger partial charge in [-0.2, -0.15) is 0 Å². The number of rotatable bonds is 1. The highest BCUT2D eigenvalue weighted by Crippen LogP contribution is 2.37. The number of hydrogen-bond donors (Lipinski definition) is 1. The summed E-state index contributed by atoms with van der Waals surface area (Å²) < 4.78 is 0. The van der Waals surface area contributed by atoms with E-state index >= 15 is 0 Å². The number of allylic oxidation sites excluding steroid dienone is 2. The van der Waals surface area contributed by atoms with Gasteiger partial charge in [0, 0.05) is 17.4 Å². The zero-order valence-corrected chi connectivity index (χ0v) is 7.98. The third kappa shape index (κ3) is 1.38. The summed E-state index contributed by atoms with van der Waals surface area (Å²) in [4.78, 5) is 11.3. The molecule has 0 bridgehead atoms. The Kier molecular flexibility index (Phi) is 2.27. The van der Waals surface area contributed by atoms with Crippen LogP contribution in [0.25, 0.3) is 0 Å². The molecular weight excluding hydrogens is 152 g/mol. The molecule has 2 heteroatoms. The summed E-state index contributed by atoms with van der Waals surface area (Å²) in [6.45, 7) is 5.86. The molecule has 0 heterocycles. The normalized spacial score (nSPS) is 23.1. The van der Waals surface area contributed by atoms with Crippen LogP contribution in [0.2, 0.25) is 0 Å². The molecule has 0 aromatic heterocycles. The van der Waals surface area contributed by atoms with Gasteiger partial charge >= 0.3 is 0 Å². The highest BCUT2D eigenvalue weighted by molar-refractivity contribution is 5.96. The van der Waals surface area contributed by atoms with Crippen molar-refractivity contribution in [2.75, 3.05) is 0 Å². The van der Waals surface area contributed by atoms with Crippen LogP contribution in [0.3, 0.4) is 0 Å². The van der Waals surface area contributed by atoms with E-state index in [1.54, 1.807) is 0 Å². The molecule has 1 aliphatic rings. The van der Waals surface area contributed by atoms with E-state index < -0.39 is 0 Å². The number of ketones is 1. The van der Waals surface area contributed by atoms with Crippen molar-refractivity contribution in [2.24, 2.45) is 5.41 Å². The van der Waals surface area contributed by atoms with Gasteiger partial charge in [0.1, 0.15) is 5.76 Å². The van der Waals surface area contributed by atoms with E-state index in [0.717, 1.165) is 6.42 Å². The predicted octanol–water partition coefficient (Wildman–Crippen LogP) is 2.60. The van der Waals surface area contributed by atoms with Crippen molar-refractivity contribution in [2.45, 2.75) is 40.0 Å². The topological polar surface area (TPSA) is 37.3 Å². The molecule has 0 unspecified atom stereocenters. The van der Waals surface area contributed by atoms with Crippen LogP contribution in [0.5, 0.6) is 0 Å². The van der Waals surface area contributed by atoms with Crippen LogP contribution in [-0.4, -0.2) is 10.9 Å². The zero-order valence-electron chi connectivity index (χ0n) is 7.98. The fraction of sp³-hybridized carbons (Fsp3) is 0.700. The Labute approximate surface area is 73.3 Å². The predicted molar refractivity (Wildman–Crippen MR) is 48.0 cm³/mol. The summed E-state index contributed by atoms with van der Waals surface area (Å²) in [7, 11) is 0. The zero-order chi connectivity index (χ0) is 9.35. The Hall–Kier alpha value is -0.790. The maximum absolute atomic E-state index is 11.3. The lowest BCUT2D eigenvalue weighted by molar-refractivity contribution is -0.117. The molecule has 0 aromatic rings. The molecule has 0 fully saturated rings. The fourth-order valence-corrected chi connectivity index (χ4v) is 1.60. The standard InChI is InChI=1S/C10H16O2/c1-4-7-8(11)5-6-10(2,3)9(7)12/h12H,4-6H2,1-3H3. The second-order valence-electron chi connectivity index (χ2n) is 3.99. The lowest BCUT2D eigenvalue weighted by atomic mass is 9.76. The minimum absolute atomic E-state index is 0.120. The van der Waals surface area contributed by atoms with Gasteiger partial charge in [-0.15, -0.1) is 0 Å². The van der Waals surface area contributed by atoms with Gasteiger partial charge in [0.2, 0.25) is 0 Å². The largest absolute Gasteiger partial charge is 0.511 e. The third-order valence-corrected chi connectivity index (χ3v) is 2.59. The van der Waals surface area contributed by atoms with Crippen LogP contribution >= 0.6 is 0 Å². The molecule has 0 aromatic carbocycles. The highest BCUT2D eigenvalue weighted by Gasteiger charge is 2.33. The Morgan fingerprint density at radius 2 is 2.08 bits per heavy atom. The SMILES string of the molecule is CCC1=C(O)C(C)(C)CCC1=O. The molecule has 1 rings (SSSR count). The Bertz CT molecular complexity index is 236. The molecule has 12 heavy (non-hydrogen) atoms. The lowest BCUT2D eigenvalue weighted by Crippen LogP contribution is -2.25. The van der Waals surface area contributed by atoms with Gasteiger partial charge < -0.3 is 5.11 Å². The molecule has 68 valence electrons. The van der Waals surface area contributed by atoms with Crippen molar-refractivity contribution >= 4 is 5.78 Å². The maximum Gasteiger partial charge on any atom is 0.162 e. The molecule has 0 spiro atoms. The fourth-order valence-electron chi connectivity index (χ4n) is 1.60. The Morgan fingerprint density at radius 3 is 2.50 bits per heavy atom. The van der Waals surface area contributed by atoms with Crippen molar-refractivity contribution in [1.29, 1.82) is 0 Å². The van der Waals surface area contributed by atoms with E-state index in [0.29, 0.717) is 24.2 Å². The second kappa shape index (κ2) is 2.92. The van der Waals surface area contributed by atoms with Gasteiger partial charge in [-0.1, -0.05) is 20.8 Å². The first kappa shape index (κ1) is 9.30. The Balaban J connectivity index is 3.08. The molecular formula is C10H16O2. The van der Waals surface area contributed by atoms with Crippen LogP contribution < -0.4 is 0 Å². The van der Waals surface area contributed by atoms with Crippen molar-refractivity contribution in [1.82, 2.24) is 0 Å². The van der Waals surface area contributed by atoms with E-state index in [1.807, 2.05) is 20.8 Å². The molecule has 0 atom stereocenters. The maximum atomic E-state index is 11.3. The van der Waals surface area contributed by atoms with Crippen molar-refractivity contribution in [3.8, 4) is 0 Å². The van der Waals surface area contributed by atoms with E-state index in [9.17, 15) is 9.90 Å². The highest BCUT2D eigenvalue weighted by atomic mass is 16.3. The number of carbonyl (C=O) groups excluding carboxylic acids is 1. The molecule has 1 N–H and O–H groups in total. The van der Waals surface area contributed by atoms with Gasteiger partial charge in [0.25, 0.3) is 0 Å². The van der Waals surface area contributed by atoms with Gasteiger partial charge in [0.15, 0.2) is 5.78 Å². The van der Waals surface area contributed by atoms with Gasteiger partial charge in [0.05, 0.1) is 0 Å². The van der Waals surface area contributed by atoms with Crippen LogP contribution in [0.15, 0.2) is 11.3 Å². The Morgan fingerprint density at radius 1 is 1.50 bits per heavy atom. The number of Topliss-reactive ketones (excluding diaryl/α,β-unsaturated/α-hetero) is 1. The van der Waals surface area contributed by atoms with E-state index in [-0.39, 0.29) is 11.2 Å². The first-order valence-corrected chi connectivity index (χ1v) is 4.45. The van der Waals surface area contributed by atoms with Crippen LogP contribution in [0.1, 0.15) is 40.0 Å². The van der Waals surface area contributed by atoms with Gasteiger partial charge in [-0.25, -0.2) is 0 Å². The number of aliphatic hydroxyl groups is 1. The molecule has 1 aliphatic carbocycles. The van der Waals surface area contributed by atoms with Crippen molar-refractivity contribution in [3.63, 3.8) is 0 Å². The van der Waals surface area contributed by atoms with Crippen molar-refractivity contribution < 1.29 is 9.90 Å². The second-order valence-corrected chi connectivity index (χ2v) is 3.99. The summed E-state index contributed by atoms with van der Waals surface area (Å²) in [6.07, 6.45) is 2.00. The van der Waals surface area contributed by atoms with Crippen LogP contribution in [0, 0.1) is 5.41 Å². The minimum Gasteiger partial charge on any atom is -0.511 e. The molecule has 0 aliphatic heterocycles. The number of aliphatic hydroxyl groups excluding tert-OH is 1. The van der Waals surface area contributed by atoms with Gasteiger partial charge in [-0.05, 0) is 12.8 Å². The van der Waals surface area contributed by atoms with Crippen LogP contribution in [-0.2, 0) is 4.79 Å². The first-order valence-electron chi connectivity index (χ1n) is 4.45. The quantitative estimate of drug-likeness (QED) is 0.653. The summed E-state index contributed by atoms with van der Waals surface area (Å²) in [6, 6.07) is 0. The van der Waals surface area contributed by atoms with E-state index in [1.165, 1.54) is 0 Å². The molecule has 2 nitrogen and oxygen atoms in total. The lowest BCUT2D eigenvalue weighted by Gasteiger charge is -2.29. The molecule has 0 radical (unpaired) electrons. The van der Waals surface area contributed by atoms with E-state index in [4.69, 9.17) is 0 Å². The average Bonchev–Trinajstić information content (AvgIpc) is 2.00. The minimum atomic E-state index is -0.195. The summed E-state index contributed by atoms with van der Waals surface area (Å²) in [5.74, 6) is 0.426. The van der Waals surface area contributed by atoms with Crippen molar-refractivity contribution in [3.05, 3.63) is 11.3 Å². The first-order chi connectivity index (χ1) is 5.49. The molecule has 0 amide bonds. The summed E-state index contributed by atoms with van der Waals surface area (Å²) in [5, 5.41) is 9.73. The monoisotopic (exact) mass is 168 g/mol. The number of carbonyl (C=O) groups is 1. The summed E-state index contributed by atoms with van der Waals surface area (Å²) >= 11 is 0. The summed E-state index contributed by atoms with van der Waals surface area (Å²) in [5.41, 5.74) is 0.436. The number of hydrogen-bond acceptors (Lipinski definition) is 2. The average molecular weight is 168 g/mol. The smallest absolute Gasteiger partial charge is 0.162 e.